The van der Waals surface area contributed by atoms with Crippen molar-refractivity contribution in [2.45, 2.75) is 45.6 Å². The summed E-state index contributed by atoms with van der Waals surface area (Å²) in [5.41, 5.74) is 0.479. The first-order valence-corrected chi connectivity index (χ1v) is 9.52. The van der Waals surface area contributed by atoms with Crippen LogP contribution in [0.25, 0.3) is 0 Å². The lowest BCUT2D eigenvalue weighted by Crippen LogP contribution is -2.48. The number of hydrogen-bond acceptors (Lipinski definition) is 4. The Hall–Kier alpha value is -2.57. The number of para-hydroxylation sites is 2. The fraction of sp³-hybridized carbons (Fsp3) is 0.550. The molecule has 0 saturated heterocycles. The zero-order valence-corrected chi connectivity index (χ0v) is 15.8. The van der Waals surface area contributed by atoms with Gasteiger partial charge in [0.2, 0.25) is 5.91 Å². The maximum absolute atomic E-state index is 12.1. The van der Waals surface area contributed by atoms with Gasteiger partial charge in [-0.05, 0) is 56.1 Å². The highest BCUT2D eigenvalue weighted by Gasteiger charge is 2.42. The van der Waals surface area contributed by atoms with Crippen molar-refractivity contribution < 1.29 is 19.1 Å². The maximum atomic E-state index is 12.1. The van der Waals surface area contributed by atoms with E-state index in [1.807, 2.05) is 6.92 Å². The van der Waals surface area contributed by atoms with Gasteiger partial charge in [0, 0.05) is 13.0 Å². The molecule has 2 aliphatic rings. The van der Waals surface area contributed by atoms with Gasteiger partial charge in [0.1, 0.15) is 5.75 Å². The number of anilines is 1. The maximum Gasteiger partial charge on any atom is 0.321 e. The van der Waals surface area contributed by atoms with Crippen molar-refractivity contribution in [1.29, 1.82) is 0 Å². The molecule has 3 N–H and O–H groups in total. The van der Waals surface area contributed by atoms with Crippen LogP contribution >= 0.6 is 0 Å². The fourth-order valence-electron chi connectivity index (χ4n) is 4.45. The van der Waals surface area contributed by atoms with Gasteiger partial charge in [-0.25, -0.2) is 4.79 Å². The summed E-state index contributed by atoms with van der Waals surface area (Å²) in [4.78, 5) is 35.3. The third kappa shape index (κ3) is 4.99. The zero-order valence-electron chi connectivity index (χ0n) is 15.8. The molecule has 0 aromatic heterocycles. The first-order valence-electron chi connectivity index (χ1n) is 9.52. The molecular formula is C20H27N3O4. The molecule has 4 atom stereocenters. The number of benzene rings is 1. The number of carbonyl (C=O) groups excluding carboxylic acids is 3. The van der Waals surface area contributed by atoms with Gasteiger partial charge in [0.25, 0.3) is 5.91 Å². The molecule has 0 heterocycles. The van der Waals surface area contributed by atoms with Crippen molar-refractivity contribution in [1.82, 2.24) is 10.6 Å². The molecule has 1 aromatic rings. The Balaban J connectivity index is 1.44. The minimum atomic E-state index is -0.537. The summed E-state index contributed by atoms with van der Waals surface area (Å²) in [7, 11) is 0. The Morgan fingerprint density at radius 3 is 2.63 bits per heavy atom. The molecule has 2 aliphatic carbocycles. The number of hydrogen-bond donors (Lipinski definition) is 3. The summed E-state index contributed by atoms with van der Waals surface area (Å²) >= 11 is 0. The van der Waals surface area contributed by atoms with Gasteiger partial charge in [0.15, 0.2) is 6.61 Å². The normalized spacial score (nSPS) is 24.1. The number of rotatable bonds is 6. The van der Waals surface area contributed by atoms with Crippen LogP contribution in [0.5, 0.6) is 5.75 Å². The Labute approximate surface area is 159 Å². The van der Waals surface area contributed by atoms with Crippen LogP contribution < -0.4 is 20.7 Å². The number of imide groups is 1. The molecule has 4 amide bonds. The van der Waals surface area contributed by atoms with E-state index in [1.54, 1.807) is 24.3 Å². The topological polar surface area (TPSA) is 96.5 Å². The molecule has 0 spiro atoms. The molecule has 2 fully saturated rings. The second-order valence-electron chi connectivity index (χ2n) is 7.62. The van der Waals surface area contributed by atoms with Crippen molar-refractivity contribution in [2.24, 2.45) is 17.8 Å². The van der Waals surface area contributed by atoms with Gasteiger partial charge >= 0.3 is 6.03 Å². The number of fused-ring (bicyclic) bond motifs is 2. The minimum Gasteiger partial charge on any atom is -0.482 e. The first-order chi connectivity index (χ1) is 12.9. The van der Waals surface area contributed by atoms with Crippen LogP contribution in [-0.2, 0) is 9.59 Å². The van der Waals surface area contributed by atoms with Crippen LogP contribution in [-0.4, -0.2) is 30.5 Å². The van der Waals surface area contributed by atoms with Crippen molar-refractivity contribution in [3.8, 4) is 5.75 Å². The Morgan fingerprint density at radius 1 is 1.19 bits per heavy atom. The van der Waals surface area contributed by atoms with E-state index in [1.165, 1.54) is 32.6 Å². The van der Waals surface area contributed by atoms with Crippen LogP contribution in [0.3, 0.4) is 0 Å². The third-order valence-electron chi connectivity index (χ3n) is 5.60. The summed E-state index contributed by atoms with van der Waals surface area (Å²) < 4.78 is 5.44. The molecule has 146 valence electrons. The molecular weight excluding hydrogens is 346 g/mol. The number of ether oxygens (including phenoxy) is 1. The lowest BCUT2D eigenvalue weighted by atomic mass is 9.84. The van der Waals surface area contributed by atoms with E-state index in [4.69, 9.17) is 4.74 Å². The molecule has 2 bridgehead atoms. The van der Waals surface area contributed by atoms with E-state index in [2.05, 4.69) is 16.0 Å². The lowest BCUT2D eigenvalue weighted by molar-refractivity contribution is -0.122. The summed E-state index contributed by atoms with van der Waals surface area (Å²) in [6.07, 6.45) is 5.02. The van der Waals surface area contributed by atoms with Gasteiger partial charge in [0.05, 0.1) is 5.69 Å². The molecule has 3 rings (SSSR count). The van der Waals surface area contributed by atoms with Gasteiger partial charge < -0.3 is 15.4 Å². The standard InChI is InChI=1S/C20H27N3O4/c1-12(16-10-14-7-8-15(16)9-14)21-20(26)23-19(25)11-27-18-6-4-3-5-17(18)22-13(2)24/h3-6,12,14-16H,7-11H2,1-2H3,(H,22,24)(H2,21,23,25,26). The molecule has 4 unspecified atom stereocenters. The number of nitrogens with one attached hydrogen (secondary N) is 3. The number of carbonyl (C=O) groups is 3. The fourth-order valence-corrected chi connectivity index (χ4v) is 4.45. The van der Waals surface area contributed by atoms with Gasteiger partial charge in [-0.15, -0.1) is 0 Å². The average Bonchev–Trinajstić information content (AvgIpc) is 3.23. The number of amides is 4. The van der Waals surface area contributed by atoms with Crippen molar-refractivity contribution in [3.05, 3.63) is 24.3 Å². The lowest BCUT2D eigenvalue weighted by Gasteiger charge is -2.28. The van der Waals surface area contributed by atoms with E-state index in [0.29, 0.717) is 23.3 Å². The van der Waals surface area contributed by atoms with E-state index in [-0.39, 0.29) is 18.6 Å². The van der Waals surface area contributed by atoms with Crippen molar-refractivity contribution in [3.63, 3.8) is 0 Å². The Morgan fingerprint density at radius 2 is 1.96 bits per heavy atom. The second kappa shape index (κ2) is 8.41. The van der Waals surface area contributed by atoms with Crippen LogP contribution in [0.15, 0.2) is 24.3 Å². The Kier molecular flexibility index (Phi) is 5.98. The van der Waals surface area contributed by atoms with Crippen LogP contribution in [0, 0.1) is 17.8 Å². The molecule has 7 nitrogen and oxygen atoms in total. The van der Waals surface area contributed by atoms with Gasteiger partial charge in [-0.1, -0.05) is 18.6 Å². The predicted octanol–water partition coefficient (Wildman–Crippen LogP) is 2.67. The highest BCUT2D eigenvalue weighted by Crippen LogP contribution is 2.49. The zero-order chi connectivity index (χ0) is 19.4. The quantitative estimate of drug-likeness (QED) is 0.714. The molecule has 1 aromatic carbocycles. The second-order valence-corrected chi connectivity index (χ2v) is 7.62. The smallest absolute Gasteiger partial charge is 0.321 e. The van der Waals surface area contributed by atoms with Crippen LogP contribution in [0.4, 0.5) is 10.5 Å². The molecule has 0 aliphatic heterocycles. The van der Waals surface area contributed by atoms with E-state index < -0.39 is 11.9 Å². The minimum absolute atomic E-state index is 0.0505. The Bertz CT molecular complexity index is 721. The summed E-state index contributed by atoms with van der Waals surface area (Å²) in [6, 6.07) is 6.38. The van der Waals surface area contributed by atoms with Gasteiger partial charge in [-0.2, -0.15) is 0 Å². The van der Waals surface area contributed by atoms with Crippen molar-refractivity contribution in [2.75, 3.05) is 11.9 Å². The van der Waals surface area contributed by atoms with E-state index >= 15 is 0 Å². The monoisotopic (exact) mass is 373 g/mol. The molecule has 2 saturated carbocycles. The molecule has 0 radical (unpaired) electrons. The summed E-state index contributed by atoms with van der Waals surface area (Å²) in [5.74, 6) is 1.62. The largest absolute Gasteiger partial charge is 0.482 e. The highest BCUT2D eigenvalue weighted by molar-refractivity contribution is 5.95. The van der Waals surface area contributed by atoms with Crippen LogP contribution in [0.2, 0.25) is 0 Å². The van der Waals surface area contributed by atoms with Gasteiger partial charge in [-0.3, -0.25) is 14.9 Å². The van der Waals surface area contributed by atoms with E-state index in [9.17, 15) is 14.4 Å². The van der Waals surface area contributed by atoms with Crippen LogP contribution in [0.1, 0.15) is 39.5 Å². The predicted molar refractivity (Wildman–Crippen MR) is 101 cm³/mol. The summed E-state index contributed by atoms with van der Waals surface area (Å²) in [6.45, 7) is 3.09. The SMILES string of the molecule is CC(=O)Nc1ccccc1OCC(=O)NC(=O)NC(C)C1CC2CCC1C2. The molecule has 27 heavy (non-hydrogen) atoms. The van der Waals surface area contributed by atoms with Crippen molar-refractivity contribution >= 4 is 23.5 Å². The summed E-state index contributed by atoms with van der Waals surface area (Å²) in [5, 5.41) is 7.83. The first kappa shape index (κ1) is 19.2. The van der Waals surface area contributed by atoms with E-state index in [0.717, 1.165) is 5.92 Å². The highest BCUT2D eigenvalue weighted by atomic mass is 16.5. The number of urea groups is 1. The molecule has 7 heteroatoms. The average molecular weight is 373 g/mol. The third-order valence-corrected chi connectivity index (χ3v) is 5.60.